The molecule has 0 bridgehead atoms. The summed E-state index contributed by atoms with van der Waals surface area (Å²) in [6.45, 7) is 6.57. The van der Waals surface area contributed by atoms with Crippen LogP contribution in [0.25, 0.3) is 6.08 Å². The molecule has 0 saturated heterocycles. The molecule has 0 spiro atoms. The molecule has 130 valence electrons. The highest BCUT2D eigenvalue weighted by Crippen LogP contribution is 2.30. The van der Waals surface area contributed by atoms with Crippen molar-refractivity contribution in [2.24, 2.45) is 0 Å². The van der Waals surface area contributed by atoms with Gasteiger partial charge in [-0.15, -0.1) is 0 Å². The summed E-state index contributed by atoms with van der Waals surface area (Å²) in [5.74, 6) is 0.491. The van der Waals surface area contributed by atoms with Gasteiger partial charge in [0.1, 0.15) is 18.2 Å². The molecule has 0 aliphatic heterocycles. The van der Waals surface area contributed by atoms with Crippen molar-refractivity contribution in [3.05, 3.63) is 29.3 Å². The number of esters is 1. The Kier molecular flexibility index (Phi) is 8.37. The van der Waals surface area contributed by atoms with Gasteiger partial charge in [-0.25, -0.2) is 4.79 Å². The minimum Gasteiger partial charge on any atom is -0.490 e. The summed E-state index contributed by atoms with van der Waals surface area (Å²) in [5.41, 5.74) is 0.556. The van der Waals surface area contributed by atoms with Crippen LogP contribution in [0, 0.1) is 11.3 Å². The Morgan fingerprint density at radius 3 is 2.62 bits per heavy atom. The second-order valence-electron chi connectivity index (χ2n) is 5.10. The van der Waals surface area contributed by atoms with Gasteiger partial charge in [0.25, 0.3) is 0 Å². The third kappa shape index (κ3) is 6.31. The number of hydrogen-bond donors (Lipinski definition) is 0. The van der Waals surface area contributed by atoms with Crippen LogP contribution in [0.5, 0.6) is 11.5 Å². The lowest BCUT2D eigenvalue weighted by Crippen LogP contribution is -2.11. The summed E-state index contributed by atoms with van der Waals surface area (Å²) in [7, 11) is 1.50. The number of nitrogens with zero attached hydrogens (tertiary/aromatic N) is 1. The zero-order chi connectivity index (χ0) is 17.9. The SMILES string of the molecule is CCOc1cc(/C=C(\C#N)C(=O)OCCOC)ccc1OC(C)C. The zero-order valence-corrected chi connectivity index (χ0v) is 14.5. The number of carbonyl (C=O) groups excluding carboxylic acids is 1. The average Bonchev–Trinajstić information content (AvgIpc) is 2.54. The molecule has 0 saturated carbocycles. The molecule has 0 unspecified atom stereocenters. The minimum atomic E-state index is -0.685. The Morgan fingerprint density at radius 2 is 2.04 bits per heavy atom. The van der Waals surface area contributed by atoms with Crippen molar-refractivity contribution >= 4 is 12.0 Å². The Bertz CT molecular complexity index is 616. The number of ether oxygens (including phenoxy) is 4. The Balaban J connectivity index is 3.00. The Hall–Kier alpha value is -2.52. The van der Waals surface area contributed by atoms with E-state index in [0.29, 0.717) is 23.7 Å². The number of carbonyl (C=O) groups is 1. The summed E-state index contributed by atoms with van der Waals surface area (Å²) in [6, 6.07) is 7.07. The smallest absolute Gasteiger partial charge is 0.348 e. The molecule has 0 fully saturated rings. The van der Waals surface area contributed by atoms with Crippen molar-refractivity contribution in [3.8, 4) is 17.6 Å². The topological polar surface area (TPSA) is 77.8 Å². The van der Waals surface area contributed by atoms with Crippen LogP contribution in [0.15, 0.2) is 23.8 Å². The van der Waals surface area contributed by atoms with E-state index in [0.717, 1.165) is 0 Å². The molecule has 0 radical (unpaired) electrons. The molecule has 1 aromatic rings. The quantitative estimate of drug-likeness (QED) is 0.299. The molecule has 0 aromatic heterocycles. The maximum atomic E-state index is 11.9. The number of benzene rings is 1. The summed E-state index contributed by atoms with van der Waals surface area (Å²) in [6.07, 6.45) is 1.47. The van der Waals surface area contributed by atoms with E-state index < -0.39 is 5.97 Å². The highest BCUT2D eigenvalue weighted by Gasteiger charge is 2.12. The monoisotopic (exact) mass is 333 g/mol. The van der Waals surface area contributed by atoms with Gasteiger partial charge in [-0.3, -0.25) is 0 Å². The predicted octanol–water partition coefficient (Wildman–Crippen LogP) is 2.97. The highest BCUT2D eigenvalue weighted by molar-refractivity contribution is 5.97. The average molecular weight is 333 g/mol. The first-order valence-electron chi connectivity index (χ1n) is 7.73. The summed E-state index contributed by atoms with van der Waals surface area (Å²) < 4.78 is 21.0. The van der Waals surface area contributed by atoms with Crippen molar-refractivity contribution in [2.45, 2.75) is 26.9 Å². The molecule has 0 N–H and O–H groups in total. The molecule has 6 heteroatoms. The van der Waals surface area contributed by atoms with Crippen LogP contribution in [-0.2, 0) is 14.3 Å². The summed E-state index contributed by atoms with van der Waals surface area (Å²) >= 11 is 0. The van der Waals surface area contributed by atoms with Crippen LogP contribution in [0.3, 0.4) is 0 Å². The molecular weight excluding hydrogens is 310 g/mol. The second-order valence-corrected chi connectivity index (χ2v) is 5.10. The standard InChI is InChI=1S/C18H23NO5/c1-5-22-17-11-14(6-7-16(17)24-13(2)3)10-15(12-19)18(20)23-9-8-21-4/h6-7,10-11,13H,5,8-9H2,1-4H3/b15-10+. The first kappa shape index (κ1) is 19.5. The van der Waals surface area contributed by atoms with E-state index in [2.05, 4.69) is 0 Å². The van der Waals surface area contributed by atoms with Gasteiger partial charge in [-0.1, -0.05) is 6.07 Å². The molecular formula is C18H23NO5. The van der Waals surface area contributed by atoms with Gasteiger partial charge in [-0.2, -0.15) is 5.26 Å². The molecule has 0 amide bonds. The van der Waals surface area contributed by atoms with Crippen molar-refractivity contribution in [1.29, 1.82) is 5.26 Å². The van der Waals surface area contributed by atoms with Crippen molar-refractivity contribution < 1.29 is 23.7 Å². The van der Waals surface area contributed by atoms with Gasteiger partial charge in [0.05, 0.1) is 19.3 Å². The van der Waals surface area contributed by atoms with Gasteiger partial charge >= 0.3 is 5.97 Å². The fourth-order valence-electron chi connectivity index (χ4n) is 1.83. The Labute approximate surface area is 142 Å². The maximum absolute atomic E-state index is 11.9. The molecule has 1 aromatic carbocycles. The van der Waals surface area contributed by atoms with Crippen LogP contribution in [0.4, 0.5) is 0 Å². The number of nitriles is 1. The first-order chi connectivity index (χ1) is 11.5. The minimum absolute atomic E-state index is 0.0102. The third-order valence-electron chi connectivity index (χ3n) is 2.80. The third-order valence-corrected chi connectivity index (χ3v) is 2.80. The number of methoxy groups -OCH3 is 1. The fourth-order valence-corrected chi connectivity index (χ4v) is 1.83. The molecule has 0 aliphatic carbocycles. The van der Waals surface area contributed by atoms with Gasteiger partial charge < -0.3 is 18.9 Å². The van der Waals surface area contributed by atoms with Crippen LogP contribution < -0.4 is 9.47 Å². The molecule has 0 aliphatic rings. The molecule has 0 atom stereocenters. The van der Waals surface area contributed by atoms with Gasteiger partial charge in [0.2, 0.25) is 0 Å². The molecule has 0 heterocycles. The van der Waals surface area contributed by atoms with Crippen LogP contribution in [-0.4, -0.2) is 39.0 Å². The molecule has 6 nitrogen and oxygen atoms in total. The summed E-state index contributed by atoms with van der Waals surface area (Å²) in [5, 5.41) is 9.15. The van der Waals surface area contributed by atoms with E-state index >= 15 is 0 Å². The maximum Gasteiger partial charge on any atom is 0.348 e. The Morgan fingerprint density at radius 1 is 1.29 bits per heavy atom. The van der Waals surface area contributed by atoms with Crippen molar-refractivity contribution in [1.82, 2.24) is 0 Å². The van der Waals surface area contributed by atoms with E-state index in [-0.39, 0.29) is 24.9 Å². The van der Waals surface area contributed by atoms with Gasteiger partial charge in [0.15, 0.2) is 11.5 Å². The van der Waals surface area contributed by atoms with Crippen LogP contribution in [0.2, 0.25) is 0 Å². The largest absolute Gasteiger partial charge is 0.490 e. The van der Waals surface area contributed by atoms with Gasteiger partial charge in [0, 0.05) is 7.11 Å². The number of hydrogen-bond acceptors (Lipinski definition) is 6. The van der Waals surface area contributed by atoms with Crippen LogP contribution in [0.1, 0.15) is 26.3 Å². The first-order valence-corrected chi connectivity index (χ1v) is 7.73. The lowest BCUT2D eigenvalue weighted by Gasteiger charge is -2.15. The van der Waals surface area contributed by atoms with Crippen molar-refractivity contribution in [2.75, 3.05) is 26.9 Å². The normalized spacial score (nSPS) is 11.1. The van der Waals surface area contributed by atoms with E-state index in [1.165, 1.54) is 13.2 Å². The summed E-state index contributed by atoms with van der Waals surface area (Å²) in [4.78, 5) is 11.9. The zero-order valence-electron chi connectivity index (χ0n) is 14.5. The van der Waals surface area contributed by atoms with Crippen molar-refractivity contribution in [3.63, 3.8) is 0 Å². The van der Waals surface area contributed by atoms with Crippen LogP contribution >= 0.6 is 0 Å². The second kappa shape index (κ2) is 10.3. The molecule has 1 rings (SSSR count). The van der Waals surface area contributed by atoms with E-state index in [4.69, 9.17) is 24.2 Å². The fraction of sp³-hybridized carbons (Fsp3) is 0.444. The molecule has 24 heavy (non-hydrogen) atoms. The van der Waals surface area contributed by atoms with E-state index in [1.54, 1.807) is 18.2 Å². The van der Waals surface area contributed by atoms with Gasteiger partial charge in [-0.05, 0) is 44.5 Å². The number of rotatable bonds is 9. The highest BCUT2D eigenvalue weighted by atomic mass is 16.6. The van der Waals surface area contributed by atoms with E-state index in [1.807, 2.05) is 26.8 Å². The van der Waals surface area contributed by atoms with E-state index in [9.17, 15) is 4.79 Å². The lowest BCUT2D eigenvalue weighted by atomic mass is 10.1. The lowest BCUT2D eigenvalue weighted by molar-refractivity contribution is -0.139. The predicted molar refractivity (Wildman–Crippen MR) is 89.8 cm³/mol.